The number of hydrogen-bond acceptors (Lipinski definition) is 3. The number of H-pyrrole nitrogens is 1. The van der Waals surface area contributed by atoms with Crippen LogP contribution in [0.15, 0.2) is 24.3 Å². The minimum absolute atomic E-state index is 0.250. The normalized spacial score (nSPS) is 17.1. The summed E-state index contributed by atoms with van der Waals surface area (Å²) in [7, 11) is 1.55. The number of fused-ring (bicyclic) bond motifs is 3. The summed E-state index contributed by atoms with van der Waals surface area (Å²) in [6, 6.07) is 6.51. The molecule has 1 aliphatic rings. The average Bonchev–Trinajstić information content (AvgIpc) is 2.91. The third-order valence-electron chi connectivity index (χ3n) is 4.13. The molecule has 0 bridgehead atoms. The summed E-state index contributed by atoms with van der Waals surface area (Å²) >= 11 is 0. The van der Waals surface area contributed by atoms with Crippen LogP contribution in [0.5, 0.6) is 0 Å². The molecule has 7 heteroatoms. The average molecular weight is 317 g/mol. The molecule has 0 spiro atoms. The number of aromatic amines is 1. The molecule has 1 atom stereocenters. The molecule has 1 aliphatic heterocycles. The monoisotopic (exact) mass is 317 g/mol. The Kier molecular flexibility index (Phi) is 4.20. The Hall–Kier alpha value is -2.54. The van der Waals surface area contributed by atoms with Crippen LogP contribution in [-0.4, -0.2) is 53.3 Å². The van der Waals surface area contributed by atoms with Gasteiger partial charge < -0.3 is 25.0 Å². The first-order valence-electron chi connectivity index (χ1n) is 7.46. The molecule has 7 nitrogen and oxygen atoms in total. The van der Waals surface area contributed by atoms with Crippen molar-refractivity contribution in [3.8, 4) is 0 Å². The molecule has 23 heavy (non-hydrogen) atoms. The number of ether oxygens (including phenoxy) is 1. The highest BCUT2D eigenvalue weighted by molar-refractivity contribution is 5.88. The Labute approximate surface area is 133 Å². The lowest BCUT2D eigenvalue weighted by Gasteiger charge is -2.33. The summed E-state index contributed by atoms with van der Waals surface area (Å²) in [6.45, 7) is 0.979. The van der Waals surface area contributed by atoms with Crippen LogP contribution in [0.2, 0.25) is 0 Å². The van der Waals surface area contributed by atoms with Gasteiger partial charge in [0.15, 0.2) is 0 Å². The van der Waals surface area contributed by atoms with Gasteiger partial charge in [0.05, 0.1) is 13.2 Å². The van der Waals surface area contributed by atoms with E-state index < -0.39 is 18.0 Å². The van der Waals surface area contributed by atoms with Crippen molar-refractivity contribution >= 4 is 22.9 Å². The SMILES string of the molecule is COCCNC(=O)N1Cc2[nH]c3ccccc3c2CC1C(=O)O. The van der Waals surface area contributed by atoms with Gasteiger partial charge >= 0.3 is 12.0 Å². The van der Waals surface area contributed by atoms with Crippen LogP contribution < -0.4 is 5.32 Å². The van der Waals surface area contributed by atoms with Gasteiger partial charge in [0.25, 0.3) is 0 Å². The van der Waals surface area contributed by atoms with E-state index in [4.69, 9.17) is 4.74 Å². The Morgan fingerprint density at radius 1 is 1.43 bits per heavy atom. The van der Waals surface area contributed by atoms with Gasteiger partial charge in [0.1, 0.15) is 6.04 Å². The van der Waals surface area contributed by atoms with Gasteiger partial charge in [-0.05, 0) is 11.6 Å². The quantitative estimate of drug-likeness (QED) is 0.742. The maximum atomic E-state index is 12.3. The maximum Gasteiger partial charge on any atom is 0.326 e. The number of carbonyl (C=O) groups is 2. The van der Waals surface area contributed by atoms with E-state index in [0.29, 0.717) is 19.6 Å². The number of para-hydroxylation sites is 1. The minimum Gasteiger partial charge on any atom is -0.480 e. The van der Waals surface area contributed by atoms with E-state index in [-0.39, 0.29) is 6.54 Å². The Morgan fingerprint density at radius 3 is 2.96 bits per heavy atom. The van der Waals surface area contributed by atoms with Crippen LogP contribution in [0, 0.1) is 0 Å². The number of methoxy groups -OCH3 is 1. The highest BCUT2D eigenvalue weighted by Gasteiger charge is 2.36. The largest absolute Gasteiger partial charge is 0.480 e. The lowest BCUT2D eigenvalue weighted by atomic mass is 9.97. The van der Waals surface area contributed by atoms with E-state index in [0.717, 1.165) is 22.2 Å². The van der Waals surface area contributed by atoms with Crippen molar-refractivity contribution in [2.75, 3.05) is 20.3 Å². The minimum atomic E-state index is -0.997. The predicted octanol–water partition coefficient (Wildman–Crippen LogP) is 1.34. The third-order valence-corrected chi connectivity index (χ3v) is 4.13. The first-order valence-corrected chi connectivity index (χ1v) is 7.46. The molecule has 0 fully saturated rings. The number of aliphatic carboxylic acids is 1. The van der Waals surface area contributed by atoms with E-state index in [1.165, 1.54) is 4.90 Å². The number of carboxylic acid groups (broad SMARTS) is 1. The Balaban J connectivity index is 1.89. The fraction of sp³-hybridized carbons (Fsp3) is 0.375. The summed E-state index contributed by atoms with van der Waals surface area (Å²) in [5, 5.41) is 13.2. The van der Waals surface area contributed by atoms with Crippen molar-refractivity contribution in [1.82, 2.24) is 15.2 Å². The van der Waals surface area contributed by atoms with E-state index in [2.05, 4.69) is 10.3 Å². The van der Waals surface area contributed by atoms with E-state index in [1.807, 2.05) is 24.3 Å². The van der Waals surface area contributed by atoms with Crippen LogP contribution in [0.3, 0.4) is 0 Å². The molecule has 3 N–H and O–H groups in total. The zero-order valence-corrected chi connectivity index (χ0v) is 12.8. The van der Waals surface area contributed by atoms with Crippen molar-refractivity contribution in [3.63, 3.8) is 0 Å². The number of benzene rings is 1. The fourth-order valence-electron chi connectivity index (χ4n) is 3.00. The molecule has 0 aliphatic carbocycles. The second kappa shape index (κ2) is 6.29. The van der Waals surface area contributed by atoms with Gasteiger partial charge in [-0.15, -0.1) is 0 Å². The predicted molar refractivity (Wildman–Crippen MR) is 84.2 cm³/mol. The maximum absolute atomic E-state index is 12.3. The molecular formula is C16H19N3O4. The van der Waals surface area contributed by atoms with Gasteiger partial charge in [-0.3, -0.25) is 0 Å². The Morgan fingerprint density at radius 2 is 2.22 bits per heavy atom. The number of nitrogens with one attached hydrogen (secondary N) is 2. The number of hydrogen-bond donors (Lipinski definition) is 3. The molecule has 2 amide bonds. The van der Waals surface area contributed by atoms with Crippen molar-refractivity contribution in [3.05, 3.63) is 35.5 Å². The number of carbonyl (C=O) groups excluding carboxylic acids is 1. The van der Waals surface area contributed by atoms with Crippen molar-refractivity contribution in [2.24, 2.45) is 0 Å². The van der Waals surface area contributed by atoms with Crippen LogP contribution in [0.4, 0.5) is 4.79 Å². The van der Waals surface area contributed by atoms with Crippen LogP contribution in [0.1, 0.15) is 11.3 Å². The number of amides is 2. The molecule has 1 unspecified atom stereocenters. The number of nitrogens with zero attached hydrogens (tertiary/aromatic N) is 1. The second-order valence-electron chi connectivity index (χ2n) is 5.54. The van der Waals surface area contributed by atoms with Gasteiger partial charge in [-0.1, -0.05) is 18.2 Å². The number of urea groups is 1. The Bertz CT molecular complexity index is 740. The van der Waals surface area contributed by atoms with Crippen molar-refractivity contribution in [1.29, 1.82) is 0 Å². The number of aromatic nitrogens is 1. The van der Waals surface area contributed by atoms with Gasteiger partial charge in [-0.25, -0.2) is 9.59 Å². The van der Waals surface area contributed by atoms with Crippen molar-refractivity contribution in [2.45, 2.75) is 19.0 Å². The highest BCUT2D eigenvalue weighted by atomic mass is 16.5. The summed E-state index contributed by atoms with van der Waals surface area (Å²) in [5.41, 5.74) is 2.84. The number of carboxylic acids is 1. The standard InChI is InChI=1S/C16H19N3O4/c1-23-7-6-17-16(22)19-9-13-11(8-14(19)15(20)21)10-4-2-3-5-12(10)18-13/h2-5,14,18H,6-9H2,1H3,(H,17,22)(H,20,21). The number of rotatable bonds is 4. The van der Waals surface area contributed by atoms with Gasteiger partial charge in [0, 0.05) is 36.7 Å². The lowest BCUT2D eigenvalue weighted by molar-refractivity contribution is -0.142. The third kappa shape index (κ3) is 2.87. The summed E-state index contributed by atoms with van der Waals surface area (Å²) in [5.74, 6) is -0.997. The smallest absolute Gasteiger partial charge is 0.326 e. The molecule has 0 saturated carbocycles. The van der Waals surface area contributed by atoms with Crippen LogP contribution in [0.25, 0.3) is 10.9 Å². The zero-order chi connectivity index (χ0) is 16.4. The van der Waals surface area contributed by atoms with E-state index in [9.17, 15) is 14.7 Å². The molecule has 122 valence electrons. The lowest BCUT2D eigenvalue weighted by Crippen LogP contribution is -2.52. The van der Waals surface area contributed by atoms with Crippen LogP contribution in [-0.2, 0) is 22.5 Å². The molecule has 2 aromatic rings. The molecule has 1 aromatic carbocycles. The summed E-state index contributed by atoms with van der Waals surface area (Å²) in [6.07, 6.45) is 0.298. The van der Waals surface area contributed by atoms with Crippen molar-refractivity contribution < 1.29 is 19.4 Å². The second-order valence-corrected chi connectivity index (χ2v) is 5.54. The van der Waals surface area contributed by atoms with Gasteiger partial charge in [-0.2, -0.15) is 0 Å². The molecule has 0 saturated heterocycles. The first-order chi connectivity index (χ1) is 11.1. The highest BCUT2D eigenvalue weighted by Crippen LogP contribution is 2.30. The molecule has 3 rings (SSSR count). The molecule has 0 radical (unpaired) electrons. The van der Waals surface area contributed by atoms with E-state index >= 15 is 0 Å². The molecule has 1 aromatic heterocycles. The topological polar surface area (TPSA) is 94.7 Å². The fourth-order valence-corrected chi connectivity index (χ4v) is 3.00. The molecular weight excluding hydrogens is 298 g/mol. The zero-order valence-electron chi connectivity index (χ0n) is 12.8. The van der Waals surface area contributed by atoms with Crippen LogP contribution >= 0.6 is 0 Å². The summed E-state index contributed by atoms with van der Waals surface area (Å²) in [4.78, 5) is 28.6. The first kappa shape index (κ1) is 15.4. The van der Waals surface area contributed by atoms with Gasteiger partial charge in [0.2, 0.25) is 0 Å². The molecule has 2 heterocycles. The summed E-state index contributed by atoms with van der Waals surface area (Å²) < 4.78 is 4.89. The van der Waals surface area contributed by atoms with E-state index in [1.54, 1.807) is 7.11 Å².